The maximum atomic E-state index is 13.9. The van der Waals surface area contributed by atoms with Crippen LogP contribution >= 0.6 is 34.2 Å². The summed E-state index contributed by atoms with van der Waals surface area (Å²) < 4.78 is 20.8. The minimum absolute atomic E-state index is 0.204. The lowest BCUT2D eigenvalue weighted by molar-refractivity contribution is 0.107. The van der Waals surface area contributed by atoms with E-state index in [-0.39, 0.29) is 5.54 Å². The quantitative estimate of drug-likeness (QED) is 0.679. The van der Waals surface area contributed by atoms with Crippen molar-refractivity contribution in [2.75, 3.05) is 32.1 Å². The number of nitrogens with one attached hydrogen (secondary N) is 1. The van der Waals surface area contributed by atoms with Gasteiger partial charge in [-0.1, -0.05) is 11.6 Å². The van der Waals surface area contributed by atoms with Gasteiger partial charge < -0.3 is 10.1 Å². The van der Waals surface area contributed by atoms with E-state index in [1.54, 1.807) is 7.05 Å². The van der Waals surface area contributed by atoms with Crippen LogP contribution in [0.4, 0.5) is 10.2 Å². The highest BCUT2D eigenvalue weighted by molar-refractivity contribution is 14.1. The second-order valence-corrected chi connectivity index (χ2v) is 8.35. The Hall–Kier alpha value is -0.930. The smallest absolute Gasteiger partial charge is 0.319 e. The maximum Gasteiger partial charge on any atom is 0.319 e. The number of aromatic nitrogens is 2. The highest BCUT2D eigenvalue weighted by Gasteiger charge is 2.49. The van der Waals surface area contributed by atoms with Crippen LogP contribution in [0.3, 0.4) is 0 Å². The molecule has 2 aromatic rings. The summed E-state index contributed by atoms with van der Waals surface area (Å²) in [5, 5.41) is 4.58. The Bertz CT molecular complexity index is 823. The van der Waals surface area contributed by atoms with Crippen LogP contribution < -0.4 is 10.1 Å². The Morgan fingerprint density at radius 3 is 3.12 bits per heavy atom. The van der Waals surface area contributed by atoms with Gasteiger partial charge in [0.25, 0.3) is 0 Å². The first kappa shape index (κ1) is 17.5. The average Bonchev–Trinajstić information content (AvgIpc) is 3.08. The van der Waals surface area contributed by atoms with Gasteiger partial charge in [-0.3, -0.25) is 4.90 Å². The largest absolute Gasteiger partial charge is 0.461 e. The summed E-state index contributed by atoms with van der Waals surface area (Å²) >= 11 is 8.36. The van der Waals surface area contributed by atoms with Crippen molar-refractivity contribution in [2.45, 2.75) is 31.0 Å². The number of benzene rings is 1. The third kappa shape index (κ3) is 3.14. The monoisotopic (exact) mass is 476 g/mol. The number of ether oxygens (including phenoxy) is 1. The molecular weight excluding hydrogens is 458 g/mol. The molecule has 25 heavy (non-hydrogen) atoms. The number of rotatable bonds is 4. The third-order valence-corrected chi connectivity index (χ3v) is 6.21. The standard InChI is InChI=1S/C17H19ClFIN4O/c1-21-15-12-5-10(18)6-13(20)14(12)22-16(23-15)25-9-17-3-2-4-24(17)8-11(19)7-17/h5-6,11H,2-4,7-9H2,1H3,(H,21,22,23)/t11-,17+/m1/s1. The van der Waals surface area contributed by atoms with Crippen LogP contribution in [0.25, 0.3) is 10.9 Å². The van der Waals surface area contributed by atoms with Gasteiger partial charge in [0.2, 0.25) is 0 Å². The molecular formula is C17H19ClFIN4O. The van der Waals surface area contributed by atoms with E-state index in [0.29, 0.717) is 36.4 Å². The fourth-order valence-corrected chi connectivity index (χ4v) is 5.19. The number of halogens is 3. The minimum atomic E-state index is -0.766. The molecule has 0 aliphatic carbocycles. The van der Waals surface area contributed by atoms with Gasteiger partial charge in [-0.05, 0) is 54.1 Å². The van der Waals surface area contributed by atoms with Gasteiger partial charge in [-0.2, -0.15) is 9.97 Å². The maximum absolute atomic E-state index is 13.9. The summed E-state index contributed by atoms with van der Waals surface area (Å²) in [7, 11) is 1.81. The van der Waals surface area contributed by atoms with Crippen LogP contribution in [0.15, 0.2) is 12.1 Å². The van der Waals surface area contributed by atoms with Crippen molar-refractivity contribution >= 4 is 50.9 Å². The highest BCUT2D eigenvalue weighted by atomic mass is 127. The van der Waals surface area contributed by atoms with Gasteiger partial charge in [0, 0.05) is 34.0 Å². The molecule has 0 saturated carbocycles. The fraction of sp³-hybridized carbons (Fsp3) is 0.529. The van der Waals surface area contributed by atoms with E-state index in [1.165, 1.54) is 0 Å². The molecule has 1 aromatic carbocycles. The first-order valence-electron chi connectivity index (χ1n) is 8.37. The van der Waals surface area contributed by atoms with E-state index in [4.69, 9.17) is 16.3 Å². The van der Waals surface area contributed by atoms with E-state index in [2.05, 4.69) is 42.8 Å². The first-order chi connectivity index (χ1) is 12.0. The molecule has 1 aromatic heterocycles. The molecule has 0 radical (unpaired) electrons. The Labute approximate surface area is 164 Å². The molecule has 2 aliphatic heterocycles. The Kier molecular flexibility index (Phi) is 4.66. The molecule has 134 valence electrons. The van der Waals surface area contributed by atoms with Crippen LogP contribution in [-0.4, -0.2) is 53.3 Å². The van der Waals surface area contributed by atoms with E-state index < -0.39 is 6.17 Å². The fourth-order valence-electron chi connectivity index (χ4n) is 4.04. The molecule has 0 unspecified atom stereocenters. The normalized spacial score (nSPS) is 26.2. The lowest BCUT2D eigenvalue weighted by Crippen LogP contribution is -2.43. The van der Waals surface area contributed by atoms with Crippen LogP contribution in [-0.2, 0) is 0 Å². The molecule has 0 bridgehead atoms. The van der Waals surface area contributed by atoms with Gasteiger partial charge >= 0.3 is 6.01 Å². The average molecular weight is 477 g/mol. The zero-order chi connectivity index (χ0) is 17.6. The summed E-state index contributed by atoms with van der Waals surface area (Å²) in [6, 6.07) is 4.03. The summed E-state index contributed by atoms with van der Waals surface area (Å²) in [5.41, 5.74) is 0.597. The lowest BCUT2D eigenvalue weighted by Gasteiger charge is -2.30. The SMILES string of the molecule is CNc1nc(OC[C@@]23CCCN2C[C@H](F)C3)nc2c(I)cc(Cl)cc12. The summed E-state index contributed by atoms with van der Waals surface area (Å²) in [5.74, 6) is 0.677. The Morgan fingerprint density at radius 2 is 2.32 bits per heavy atom. The molecule has 0 spiro atoms. The summed E-state index contributed by atoms with van der Waals surface area (Å²) in [4.78, 5) is 11.3. The lowest BCUT2D eigenvalue weighted by atomic mass is 9.95. The second-order valence-electron chi connectivity index (χ2n) is 6.75. The molecule has 3 heterocycles. The van der Waals surface area contributed by atoms with Gasteiger partial charge in [-0.15, -0.1) is 0 Å². The van der Waals surface area contributed by atoms with E-state index in [9.17, 15) is 4.39 Å². The van der Waals surface area contributed by atoms with Crippen molar-refractivity contribution in [3.63, 3.8) is 0 Å². The predicted molar refractivity (Wildman–Crippen MR) is 105 cm³/mol. The molecule has 2 fully saturated rings. The zero-order valence-electron chi connectivity index (χ0n) is 13.9. The number of nitrogens with zero attached hydrogens (tertiary/aromatic N) is 3. The van der Waals surface area contributed by atoms with E-state index in [0.717, 1.165) is 33.9 Å². The van der Waals surface area contributed by atoms with E-state index >= 15 is 0 Å². The number of fused-ring (bicyclic) bond motifs is 2. The van der Waals surface area contributed by atoms with Crippen molar-refractivity contribution in [2.24, 2.45) is 0 Å². The number of anilines is 1. The first-order valence-corrected chi connectivity index (χ1v) is 9.83. The van der Waals surface area contributed by atoms with Gasteiger partial charge in [0.15, 0.2) is 0 Å². The number of hydrogen-bond donors (Lipinski definition) is 1. The van der Waals surface area contributed by atoms with Gasteiger partial charge in [0.05, 0.1) is 11.1 Å². The molecule has 4 rings (SSSR count). The highest BCUT2D eigenvalue weighted by Crippen LogP contribution is 2.40. The van der Waals surface area contributed by atoms with Crippen LogP contribution in [0, 0.1) is 3.57 Å². The minimum Gasteiger partial charge on any atom is -0.461 e. The van der Waals surface area contributed by atoms with Crippen molar-refractivity contribution in [1.82, 2.24) is 14.9 Å². The van der Waals surface area contributed by atoms with E-state index in [1.807, 2.05) is 12.1 Å². The molecule has 2 aliphatic rings. The molecule has 0 amide bonds. The van der Waals surface area contributed by atoms with Gasteiger partial charge in [0.1, 0.15) is 18.6 Å². The van der Waals surface area contributed by atoms with Crippen molar-refractivity contribution in [3.05, 3.63) is 20.7 Å². The number of alkyl halides is 1. The number of hydrogen-bond acceptors (Lipinski definition) is 5. The van der Waals surface area contributed by atoms with Crippen molar-refractivity contribution in [3.8, 4) is 6.01 Å². The van der Waals surface area contributed by atoms with Crippen molar-refractivity contribution in [1.29, 1.82) is 0 Å². The zero-order valence-corrected chi connectivity index (χ0v) is 16.8. The predicted octanol–water partition coefficient (Wildman–Crippen LogP) is 3.88. The Balaban J connectivity index is 1.64. The Morgan fingerprint density at radius 1 is 1.48 bits per heavy atom. The second kappa shape index (κ2) is 6.66. The third-order valence-electron chi connectivity index (χ3n) is 5.17. The van der Waals surface area contributed by atoms with Crippen LogP contribution in [0.5, 0.6) is 6.01 Å². The van der Waals surface area contributed by atoms with Crippen LogP contribution in [0.1, 0.15) is 19.3 Å². The summed E-state index contributed by atoms with van der Waals surface area (Å²) in [6.07, 6.45) is 1.82. The molecule has 8 heteroatoms. The molecule has 5 nitrogen and oxygen atoms in total. The molecule has 2 atom stereocenters. The molecule has 2 saturated heterocycles. The van der Waals surface area contributed by atoms with Crippen molar-refractivity contribution < 1.29 is 9.13 Å². The topological polar surface area (TPSA) is 50.3 Å². The van der Waals surface area contributed by atoms with Crippen LogP contribution in [0.2, 0.25) is 5.02 Å². The van der Waals surface area contributed by atoms with Gasteiger partial charge in [-0.25, -0.2) is 4.39 Å². The molecule has 1 N–H and O–H groups in total. The summed E-state index contributed by atoms with van der Waals surface area (Å²) in [6.45, 7) is 1.88.